The third-order valence-corrected chi connectivity index (χ3v) is 4.82. The standard InChI is InChI=1S/C20H24N2O2.CH4/c1-14-12-16(13-15(14)6-5-11-24-2)22-20(23)18-7-3-9-19-17(18)8-4-10-21-19;/h3-10,14-16H,11-13H2,1-2H3,(H,22,23);1H4/b6-5+;/t14?,15-,16-;/m0./s1. The monoisotopic (exact) mass is 340 g/mol. The van der Waals surface area contributed by atoms with Crippen LogP contribution in [0.25, 0.3) is 10.9 Å². The van der Waals surface area contributed by atoms with Crippen molar-refractivity contribution in [1.29, 1.82) is 0 Å². The van der Waals surface area contributed by atoms with Gasteiger partial charge in [-0.1, -0.05) is 38.6 Å². The van der Waals surface area contributed by atoms with E-state index in [0.717, 1.165) is 23.7 Å². The number of hydrogen-bond acceptors (Lipinski definition) is 3. The molecule has 0 saturated heterocycles. The molecule has 1 fully saturated rings. The first kappa shape index (κ1) is 19.1. The van der Waals surface area contributed by atoms with Crippen LogP contribution in [0.5, 0.6) is 0 Å². The van der Waals surface area contributed by atoms with Gasteiger partial charge in [0.2, 0.25) is 0 Å². The number of ether oxygens (including phenoxy) is 1. The van der Waals surface area contributed by atoms with E-state index in [1.165, 1.54) is 0 Å². The number of nitrogens with zero attached hydrogens (tertiary/aromatic N) is 1. The molecule has 0 radical (unpaired) electrons. The van der Waals surface area contributed by atoms with Crippen molar-refractivity contribution in [3.05, 3.63) is 54.2 Å². The number of pyridine rings is 1. The molecule has 1 aliphatic carbocycles. The minimum absolute atomic E-state index is 0. The second kappa shape index (κ2) is 8.77. The van der Waals surface area contributed by atoms with Crippen LogP contribution < -0.4 is 5.32 Å². The molecule has 0 bridgehead atoms. The lowest BCUT2D eigenvalue weighted by molar-refractivity contribution is 0.0938. The van der Waals surface area contributed by atoms with E-state index in [-0.39, 0.29) is 19.4 Å². The highest BCUT2D eigenvalue weighted by molar-refractivity contribution is 6.06. The highest BCUT2D eigenvalue weighted by Crippen LogP contribution is 2.33. The third kappa shape index (κ3) is 4.45. The van der Waals surface area contributed by atoms with Crippen LogP contribution in [-0.2, 0) is 4.74 Å². The molecule has 3 rings (SSSR count). The maximum atomic E-state index is 12.7. The van der Waals surface area contributed by atoms with E-state index in [9.17, 15) is 4.79 Å². The number of carbonyl (C=O) groups excluding carboxylic acids is 1. The second-order valence-electron chi connectivity index (χ2n) is 6.54. The predicted octanol–water partition coefficient (Wildman–Crippen LogP) is 4.22. The molecule has 1 heterocycles. The molecule has 134 valence electrons. The summed E-state index contributed by atoms with van der Waals surface area (Å²) < 4.78 is 5.06. The second-order valence-corrected chi connectivity index (χ2v) is 6.54. The number of rotatable bonds is 5. The number of methoxy groups -OCH3 is 1. The minimum Gasteiger partial charge on any atom is -0.381 e. The topological polar surface area (TPSA) is 51.2 Å². The van der Waals surface area contributed by atoms with Crippen molar-refractivity contribution >= 4 is 16.8 Å². The van der Waals surface area contributed by atoms with Gasteiger partial charge in [-0.2, -0.15) is 0 Å². The average Bonchev–Trinajstić information content (AvgIpc) is 2.94. The molecular weight excluding hydrogens is 312 g/mol. The summed E-state index contributed by atoms with van der Waals surface area (Å²) >= 11 is 0. The number of carbonyl (C=O) groups is 1. The van der Waals surface area contributed by atoms with Crippen molar-refractivity contribution in [1.82, 2.24) is 10.3 Å². The first-order valence-electron chi connectivity index (χ1n) is 8.49. The maximum Gasteiger partial charge on any atom is 0.252 e. The fourth-order valence-electron chi connectivity index (χ4n) is 3.56. The predicted molar refractivity (Wildman–Crippen MR) is 103 cm³/mol. The summed E-state index contributed by atoms with van der Waals surface area (Å²) in [4.78, 5) is 17.0. The molecule has 1 saturated carbocycles. The Kier molecular flexibility index (Phi) is 6.71. The van der Waals surface area contributed by atoms with Gasteiger partial charge in [0.05, 0.1) is 12.1 Å². The fraction of sp³-hybridized carbons (Fsp3) is 0.429. The molecule has 4 heteroatoms. The molecule has 0 spiro atoms. The van der Waals surface area contributed by atoms with Crippen LogP contribution in [0, 0.1) is 11.8 Å². The summed E-state index contributed by atoms with van der Waals surface area (Å²) in [5, 5.41) is 4.11. The minimum atomic E-state index is -0.00711. The first-order chi connectivity index (χ1) is 11.7. The van der Waals surface area contributed by atoms with Crippen LogP contribution in [0.15, 0.2) is 48.7 Å². The number of nitrogens with one attached hydrogen (secondary N) is 1. The molecule has 1 aliphatic rings. The highest BCUT2D eigenvalue weighted by Gasteiger charge is 2.30. The van der Waals surface area contributed by atoms with Crippen LogP contribution in [0.3, 0.4) is 0 Å². The normalized spacial score (nSPS) is 22.9. The number of aromatic nitrogens is 1. The Morgan fingerprint density at radius 1 is 1.32 bits per heavy atom. The number of amides is 1. The zero-order chi connectivity index (χ0) is 16.9. The first-order valence-corrected chi connectivity index (χ1v) is 8.49. The van der Waals surface area contributed by atoms with E-state index in [1.807, 2.05) is 30.3 Å². The van der Waals surface area contributed by atoms with Gasteiger partial charge in [-0.05, 0) is 42.9 Å². The lowest BCUT2D eigenvalue weighted by Crippen LogP contribution is -2.33. The van der Waals surface area contributed by atoms with E-state index >= 15 is 0 Å². The molecule has 0 aliphatic heterocycles. The molecule has 25 heavy (non-hydrogen) atoms. The quantitative estimate of drug-likeness (QED) is 0.829. The SMILES string of the molecule is C.COC/C=C/[C@H]1C[C@@H](NC(=O)c2cccc3ncccc23)CC1C. The van der Waals surface area contributed by atoms with Crippen LogP contribution in [0.2, 0.25) is 0 Å². The summed E-state index contributed by atoms with van der Waals surface area (Å²) in [6.07, 6.45) is 8.04. The summed E-state index contributed by atoms with van der Waals surface area (Å²) in [7, 11) is 1.70. The van der Waals surface area contributed by atoms with Gasteiger partial charge in [-0.15, -0.1) is 0 Å². The Bertz CT molecular complexity index is 736. The van der Waals surface area contributed by atoms with Crippen molar-refractivity contribution in [2.24, 2.45) is 11.8 Å². The zero-order valence-corrected chi connectivity index (χ0v) is 14.2. The molecular formula is C21H28N2O2. The molecule has 1 aromatic heterocycles. The van der Waals surface area contributed by atoms with Gasteiger partial charge in [0.25, 0.3) is 5.91 Å². The number of hydrogen-bond donors (Lipinski definition) is 1. The van der Waals surface area contributed by atoms with Gasteiger partial charge < -0.3 is 10.1 Å². The Balaban J connectivity index is 0.00000225. The van der Waals surface area contributed by atoms with Gasteiger partial charge in [-0.25, -0.2) is 0 Å². The van der Waals surface area contributed by atoms with Crippen LogP contribution in [-0.4, -0.2) is 30.6 Å². The summed E-state index contributed by atoms with van der Waals surface area (Å²) in [5.41, 5.74) is 1.55. The zero-order valence-electron chi connectivity index (χ0n) is 14.2. The third-order valence-electron chi connectivity index (χ3n) is 4.82. The molecule has 3 atom stereocenters. The average molecular weight is 340 g/mol. The number of benzene rings is 1. The van der Waals surface area contributed by atoms with Crippen molar-refractivity contribution in [3.63, 3.8) is 0 Å². The molecule has 1 unspecified atom stereocenters. The Hall–Kier alpha value is -2.20. The van der Waals surface area contributed by atoms with E-state index in [4.69, 9.17) is 4.74 Å². The molecule has 2 aromatic rings. The summed E-state index contributed by atoms with van der Waals surface area (Å²) in [6.45, 7) is 2.89. The Labute approximate surface area is 150 Å². The Morgan fingerprint density at radius 2 is 2.16 bits per heavy atom. The lowest BCUT2D eigenvalue weighted by atomic mass is 9.98. The molecule has 1 N–H and O–H groups in total. The van der Waals surface area contributed by atoms with Gasteiger partial charge in [0.15, 0.2) is 0 Å². The van der Waals surface area contributed by atoms with E-state index in [2.05, 4.69) is 29.4 Å². The van der Waals surface area contributed by atoms with Crippen molar-refractivity contribution in [2.45, 2.75) is 33.2 Å². The smallest absolute Gasteiger partial charge is 0.252 e. The summed E-state index contributed by atoms with van der Waals surface area (Å²) in [5.74, 6) is 1.06. The number of fused-ring (bicyclic) bond motifs is 1. The van der Waals surface area contributed by atoms with Crippen LogP contribution in [0.4, 0.5) is 0 Å². The highest BCUT2D eigenvalue weighted by atomic mass is 16.5. The van der Waals surface area contributed by atoms with Crippen molar-refractivity contribution in [3.8, 4) is 0 Å². The molecule has 4 nitrogen and oxygen atoms in total. The lowest BCUT2D eigenvalue weighted by Gasteiger charge is -2.13. The van der Waals surface area contributed by atoms with Crippen molar-refractivity contribution in [2.75, 3.05) is 13.7 Å². The van der Waals surface area contributed by atoms with Gasteiger partial charge in [0.1, 0.15) is 0 Å². The molecule has 1 aromatic carbocycles. The van der Waals surface area contributed by atoms with Crippen molar-refractivity contribution < 1.29 is 9.53 Å². The fourth-order valence-corrected chi connectivity index (χ4v) is 3.56. The van der Waals surface area contributed by atoms with E-state index < -0.39 is 0 Å². The largest absolute Gasteiger partial charge is 0.381 e. The van der Waals surface area contributed by atoms with E-state index in [0.29, 0.717) is 24.0 Å². The number of allylic oxidation sites excluding steroid dienone is 1. The van der Waals surface area contributed by atoms with E-state index in [1.54, 1.807) is 13.3 Å². The van der Waals surface area contributed by atoms with Crippen LogP contribution in [0.1, 0.15) is 37.6 Å². The molecule has 1 amide bonds. The van der Waals surface area contributed by atoms with Gasteiger partial charge in [-0.3, -0.25) is 9.78 Å². The Morgan fingerprint density at radius 3 is 2.96 bits per heavy atom. The van der Waals surface area contributed by atoms with Crippen LogP contribution >= 0.6 is 0 Å². The van der Waals surface area contributed by atoms with Gasteiger partial charge in [0, 0.05) is 30.3 Å². The van der Waals surface area contributed by atoms with Gasteiger partial charge >= 0.3 is 0 Å². The summed E-state index contributed by atoms with van der Waals surface area (Å²) in [6, 6.07) is 9.72. The maximum absolute atomic E-state index is 12.7.